The van der Waals surface area contributed by atoms with Gasteiger partial charge in [0.2, 0.25) is 5.91 Å². The van der Waals surface area contributed by atoms with Crippen LogP contribution < -0.4 is 0 Å². The van der Waals surface area contributed by atoms with Crippen LogP contribution in [0.1, 0.15) is 30.7 Å². The molecule has 1 atom stereocenters. The number of hydrogen-bond donors (Lipinski definition) is 0. The number of likely N-dealkylation sites (tertiary alicyclic amines) is 1. The molecule has 0 radical (unpaired) electrons. The predicted octanol–water partition coefficient (Wildman–Crippen LogP) is 3.25. The molecule has 4 rings (SSSR count). The van der Waals surface area contributed by atoms with E-state index in [1.165, 1.54) is 12.1 Å². The molecule has 2 heterocycles. The van der Waals surface area contributed by atoms with E-state index in [-0.39, 0.29) is 30.2 Å². The minimum atomic E-state index is -0.329. The molecule has 1 aliphatic rings. The van der Waals surface area contributed by atoms with Crippen molar-refractivity contribution in [3.05, 3.63) is 65.7 Å². The van der Waals surface area contributed by atoms with E-state index in [2.05, 4.69) is 0 Å². The van der Waals surface area contributed by atoms with Crippen molar-refractivity contribution in [2.75, 3.05) is 13.2 Å². The number of carbonyl (C=O) groups is 2. The number of hydrogen-bond acceptors (Lipinski definition) is 4. The van der Waals surface area contributed by atoms with Gasteiger partial charge in [0.05, 0.1) is 17.6 Å². The number of imidazole rings is 1. The van der Waals surface area contributed by atoms with Crippen LogP contribution in [0, 0.1) is 5.82 Å². The summed E-state index contributed by atoms with van der Waals surface area (Å²) in [6.45, 7) is 3.07. The quantitative estimate of drug-likeness (QED) is 0.601. The molecule has 0 N–H and O–H groups in total. The van der Waals surface area contributed by atoms with Gasteiger partial charge in [0.1, 0.15) is 18.2 Å². The number of fused-ring (bicyclic) bond motifs is 1. The molecular formula is C22H22FN3O3. The van der Waals surface area contributed by atoms with Crippen molar-refractivity contribution in [2.24, 2.45) is 0 Å². The zero-order valence-electron chi connectivity index (χ0n) is 16.2. The maximum absolute atomic E-state index is 13.1. The fourth-order valence-corrected chi connectivity index (χ4v) is 3.82. The molecule has 0 saturated carbocycles. The second kappa shape index (κ2) is 8.03. The summed E-state index contributed by atoms with van der Waals surface area (Å²) < 4.78 is 20.1. The molecule has 1 aromatic heterocycles. The Morgan fingerprint density at radius 1 is 1.21 bits per heavy atom. The van der Waals surface area contributed by atoms with Crippen molar-refractivity contribution in [1.82, 2.24) is 14.5 Å². The van der Waals surface area contributed by atoms with Gasteiger partial charge in [0.25, 0.3) is 0 Å². The van der Waals surface area contributed by atoms with Gasteiger partial charge >= 0.3 is 5.97 Å². The summed E-state index contributed by atoms with van der Waals surface area (Å²) in [5.41, 5.74) is 2.51. The fraction of sp³-hybridized carbons (Fsp3) is 0.318. The average molecular weight is 395 g/mol. The standard InChI is InChI=1S/C22H22FN3O3/c1-2-29-21(28)14-26-19-6-4-3-5-18(19)24-22(26)16-11-20(27)25(13-16)12-15-7-9-17(23)10-8-15/h3-10,16H,2,11-14H2,1H3. The molecule has 150 valence electrons. The second-order valence-electron chi connectivity index (χ2n) is 7.15. The molecule has 1 aliphatic heterocycles. The molecule has 1 unspecified atom stereocenters. The first-order valence-corrected chi connectivity index (χ1v) is 9.68. The van der Waals surface area contributed by atoms with Crippen molar-refractivity contribution < 1.29 is 18.7 Å². The molecule has 3 aromatic rings. The van der Waals surface area contributed by atoms with Crippen molar-refractivity contribution in [2.45, 2.75) is 32.4 Å². The largest absolute Gasteiger partial charge is 0.465 e. The summed E-state index contributed by atoms with van der Waals surface area (Å²) in [5.74, 6) is -0.00972. The first-order chi connectivity index (χ1) is 14.0. The van der Waals surface area contributed by atoms with Crippen molar-refractivity contribution in [3.8, 4) is 0 Å². The van der Waals surface area contributed by atoms with Crippen LogP contribution in [0.5, 0.6) is 0 Å². The topological polar surface area (TPSA) is 64.4 Å². The third kappa shape index (κ3) is 3.99. The number of para-hydroxylation sites is 2. The molecule has 0 spiro atoms. The second-order valence-corrected chi connectivity index (χ2v) is 7.15. The van der Waals surface area contributed by atoms with E-state index in [1.807, 2.05) is 28.8 Å². The van der Waals surface area contributed by atoms with Crippen LogP contribution in [0.3, 0.4) is 0 Å². The monoisotopic (exact) mass is 395 g/mol. The number of carbonyl (C=O) groups excluding carboxylic acids is 2. The molecule has 7 heteroatoms. The van der Waals surface area contributed by atoms with E-state index in [0.29, 0.717) is 31.9 Å². The Bertz CT molecular complexity index is 1050. The zero-order chi connectivity index (χ0) is 20.4. The summed E-state index contributed by atoms with van der Waals surface area (Å²) >= 11 is 0. The SMILES string of the molecule is CCOC(=O)Cn1c(C2CC(=O)N(Cc3ccc(F)cc3)C2)nc2ccccc21. The summed E-state index contributed by atoms with van der Waals surface area (Å²) in [6.07, 6.45) is 0.327. The number of aromatic nitrogens is 2. The number of amides is 1. The van der Waals surface area contributed by atoms with Crippen molar-refractivity contribution in [1.29, 1.82) is 0 Å². The van der Waals surface area contributed by atoms with Crippen LogP contribution in [0.2, 0.25) is 0 Å². The number of rotatable bonds is 6. The summed E-state index contributed by atoms with van der Waals surface area (Å²) in [5, 5.41) is 0. The van der Waals surface area contributed by atoms with Gasteiger partial charge in [0.15, 0.2) is 0 Å². The van der Waals surface area contributed by atoms with Crippen LogP contribution in [-0.4, -0.2) is 39.5 Å². The highest BCUT2D eigenvalue weighted by atomic mass is 19.1. The Kier molecular flexibility index (Phi) is 5.29. The smallest absolute Gasteiger partial charge is 0.326 e. The van der Waals surface area contributed by atoms with Gasteiger partial charge in [-0.2, -0.15) is 0 Å². The Morgan fingerprint density at radius 2 is 1.97 bits per heavy atom. The van der Waals surface area contributed by atoms with Crippen LogP contribution in [0.4, 0.5) is 4.39 Å². The molecule has 29 heavy (non-hydrogen) atoms. The Morgan fingerprint density at radius 3 is 2.72 bits per heavy atom. The van der Waals surface area contributed by atoms with E-state index in [1.54, 1.807) is 24.0 Å². The van der Waals surface area contributed by atoms with Gasteiger partial charge in [-0.15, -0.1) is 0 Å². The van der Waals surface area contributed by atoms with Crippen LogP contribution >= 0.6 is 0 Å². The van der Waals surface area contributed by atoms with Crippen LogP contribution in [-0.2, 0) is 27.4 Å². The average Bonchev–Trinajstić information content (AvgIpc) is 3.25. The zero-order valence-corrected chi connectivity index (χ0v) is 16.2. The normalized spacial score (nSPS) is 16.6. The third-order valence-corrected chi connectivity index (χ3v) is 5.14. The van der Waals surface area contributed by atoms with Gasteiger partial charge in [-0.1, -0.05) is 24.3 Å². The van der Waals surface area contributed by atoms with Crippen LogP contribution in [0.15, 0.2) is 48.5 Å². The fourth-order valence-electron chi connectivity index (χ4n) is 3.82. The first-order valence-electron chi connectivity index (χ1n) is 9.68. The van der Waals surface area contributed by atoms with Gasteiger partial charge in [0, 0.05) is 25.4 Å². The highest BCUT2D eigenvalue weighted by Gasteiger charge is 2.34. The lowest BCUT2D eigenvalue weighted by atomic mass is 10.1. The van der Waals surface area contributed by atoms with Gasteiger partial charge < -0.3 is 14.2 Å². The molecule has 1 saturated heterocycles. The maximum Gasteiger partial charge on any atom is 0.326 e. The number of nitrogens with zero attached hydrogens (tertiary/aromatic N) is 3. The molecule has 1 amide bonds. The Balaban J connectivity index is 1.60. The van der Waals surface area contributed by atoms with Gasteiger partial charge in [-0.05, 0) is 36.8 Å². The molecule has 2 aromatic carbocycles. The highest BCUT2D eigenvalue weighted by molar-refractivity contribution is 5.82. The van der Waals surface area contributed by atoms with E-state index in [4.69, 9.17) is 9.72 Å². The summed E-state index contributed by atoms with van der Waals surface area (Å²) in [4.78, 5) is 31.2. The Hall–Kier alpha value is -3.22. The lowest BCUT2D eigenvalue weighted by Crippen LogP contribution is -2.25. The van der Waals surface area contributed by atoms with E-state index in [0.717, 1.165) is 16.6 Å². The van der Waals surface area contributed by atoms with E-state index in [9.17, 15) is 14.0 Å². The minimum Gasteiger partial charge on any atom is -0.465 e. The summed E-state index contributed by atoms with van der Waals surface area (Å²) in [6, 6.07) is 13.8. The molecular weight excluding hydrogens is 373 g/mol. The maximum atomic E-state index is 13.1. The number of ether oxygens (including phenoxy) is 1. The van der Waals surface area contributed by atoms with E-state index >= 15 is 0 Å². The lowest BCUT2D eigenvalue weighted by molar-refractivity contribution is -0.143. The highest BCUT2D eigenvalue weighted by Crippen LogP contribution is 2.31. The number of benzene rings is 2. The lowest BCUT2D eigenvalue weighted by Gasteiger charge is -2.17. The molecule has 6 nitrogen and oxygen atoms in total. The van der Waals surface area contributed by atoms with Gasteiger partial charge in [-0.3, -0.25) is 9.59 Å². The number of esters is 1. The van der Waals surface area contributed by atoms with E-state index < -0.39 is 0 Å². The molecule has 0 bridgehead atoms. The van der Waals surface area contributed by atoms with Crippen molar-refractivity contribution in [3.63, 3.8) is 0 Å². The first kappa shape index (κ1) is 19.1. The van der Waals surface area contributed by atoms with Crippen molar-refractivity contribution >= 4 is 22.9 Å². The molecule has 1 fully saturated rings. The molecule has 0 aliphatic carbocycles. The minimum absolute atomic E-state index is 0.0223. The third-order valence-electron chi connectivity index (χ3n) is 5.14. The van der Waals surface area contributed by atoms with Crippen LogP contribution in [0.25, 0.3) is 11.0 Å². The van der Waals surface area contributed by atoms with Gasteiger partial charge in [-0.25, -0.2) is 9.37 Å². The summed E-state index contributed by atoms with van der Waals surface area (Å²) in [7, 11) is 0. The Labute approximate surface area is 167 Å². The number of halogens is 1. The predicted molar refractivity (Wildman–Crippen MR) is 106 cm³/mol.